The highest BCUT2D eigenvalue weighted by Gasteiger charge is 2.00. The molecule has 0 heterocycles. The van der Waals surface area contributed by atoms with E-state index in [2.05, 4.69) is 17.2 Å². The Balaban J connectivity index is 2.52. The van der Waals surface area contributed by atoms with Gasteiger partial charge in [0.2, 0.25) is 5.91 Å². The highest BCUT2D eigenvalue weighted by atomic mass is 35.5. The van der Waals surface area contributed by atoms with E-state index in [1.807, 2.05) is 18.2 Å². The highest BCUT2D eigenvalue weighted by molar-refractivity contribution is 7.80. The lowest BCUT2D eigenvalue weighted by Gasteiger charge is -2.04. The Morgan fingerprint density at radius 1 is 1.44 bits per heavy atom. The van der Waals surface area contributed by atoms with Crippen molar-refractivity contribution in [2.24, 2.45) is 0 Å². The predicted octanol–water partition coefficient (Wildman–Crippen LogP) is 2.53. The fourth-order valence-electron chi connectivity index (χ4n) is 1.14. The summed E-state index contributed by atoms with van der Waals surface area (Å²) >= 11 is 10.9. The monoisotopic (exact) mass is 280 g/mol. The van der Waals surface area contributed by atoms with Crippen molar-refractivity contribution in [3.63, 3.8) is 0 Å². The number of carbonyl (C=O) groups is 1. The Bertz CT molecular complexity index is 486. The molecule has 5 heteroatoms. The maximum atomic E-state index is 11.5. The van der Waals surface area contributed by atoms with Gasteiger partial charge in [0.05, 0.1) is 0 Å². The van der Waals surface area contributed by atoms with Gasteiger partial charge in [0.1, 0.15) is 0 Å². The largest absolute Gasteiger partial charge is 0.359 e. The van der Waals surface area contributed by atoms with Gasteiger partial charge in [-0.2, -0.15) is 0 Å². The van der Waals surface area contributed by atoms with Gasteiger partial charge < -0.3 is 5.32 Å². The predicted molar refractivity (Wildman–Crippen MR) is 79.4 cm³/mol. The molecule has 0 radical (unpaired) electrons. The molecule has 0 aliphatic rings. The lowest BCUT2D eigenvalue weighted by molar-refractivity contribution is -0.115. The second kappa shape index (κ2) is 7.63. The lowest BCUT2D eigenvalue weighted by Crippen LogP contribution is -2.38. The van der Waals surface area contributed by atoms with Crippen LogP contribution in [0.25, 0.3) is 6.08 Å². The fraction of sp³-hybridized carbons (Fsp3) is 0.0769. The molecule has 94 valence electrons. The van der Waals surface area contributed by atoms with Crippen LogP contribution in [0.2, 0.25) is 5.02 Å². The first-order chi connectivity index (χ1) is 8.63. The summed E-state index contributed by atoms with van der Waals surface area (Å²) in [6, 6.07) is 7.25. The van der Waals surface area contributed by atoms with Crippen LogP contribution in [0.5, 0.6) is 0 Å². The van der Waals surface area contributed by atoms with Gasteiger partial charge in [0.25, 0.3) is 0 Å². The topological polar surface area (TPSA) is 41.1 Å². The summed E-state index contributed by atoms with van der Waals surface area (Å²) in [6.07, 6.45) is 4.66. The third-order valence-electron chi connectivity index (χ3n) is 1.96. The van der Waals surface area contributed by atoms with Crippen molar-refractivity contribution in [1.29, 1.82) is 0 Å². The molecule has 0 spiro atoms. The maximum absolute atomic E-state index is 11.5. The van der Waals surface area contributed by atoms with Crippen LogP contribution in [0.3, 0.4) is 0 Å². The first-order valence-electron chi connectivity index (χ1n) is 5.26. The second-order valence-electron chi connectivity index (χ2n) is 3.34. The normalized spacial score (nSPS) is 10.1. The molecule has 0 aliphatic heterocycles. The van der Waals surface area contributed by atoms with Crippen molar-refractivity contribution in [3.05, 3.63) is 53.6 Å². The molecule has 1 aromatic rings. The van der Waals surface area contributed by atoms with Crippen molar-refractivity contribution in [2.75, 3.05) is 6.54 Å². The molecular weight excluding hydrogens is 268 g/mol. The van der Waals surface area contributed by atoms with Gasteiger partial charge in [-0.25, -0.2) is 0 Å². The minimum Gasteiger partial charge on any atom is -0.359 e. The van der Waals surface area contributed by atoms with Gasteiger partial charge >= 0.3 is 0 Å². The summed E-state index contributed by atoms with van der Waals surface area (Å²) in [5, 5.41) is 6.16. The zero-order chi connectivity index (χ0) is 13.4. The van der Waals surface area contributed by atoms with Gasteiger partial charge in [-0.05, 0) is 29.9 Å². The Hall–Kier alpha value is -1.65. The van der Waals surface area contributed by atoms with E-state index in [0.717, 1.165) is 5.56 Å². The molecule has 18 heavy (non-hydrogen) atoms. The Morgan fingerprint density at radius 3 is 2.83 bits per heavy atom. The van der Waals surface area contributed by atoms with Crippen molar-refractivity contribution < 1.29 is 4.79 Å². The smallest absolute Gasteiger partial charge is 0.250 e. The van der Waals surface area contributed by atoms with Crippen molar-refractivity contribution in [3.8, 4) is 0 Å². The van der Waals surface area contributed by atoms with E-state index in [4.69, 9.17) is 23.8 Å². The minimum absolute atomic E-state index is 0.267. The van der Waals surface area contributed by atoms with Crippen molar-refractivity contribution in [1.82, 2.24) is 10.6 Å². The van der Waals surface area contributed by atoms with E-state index in [-0.39, 0.29) is 11.0 Å². The maximum Gasteiger partial charge on any atom is 0.250 e. The van der Waals surface area contributed by atoms with E-state index in [0.29, 0.717) is 11.6 Å². The SMILES string of the molecule is C=CCNC(=S)NC(=O)/C=C/c1ccccc1Cl. The third-order valence-corrected chi connectivity index (χ3v) is 2.55. The first-order valence-corrected chi connectivity index (χ1v) is 6.04. The average molecular weight is 281 g/mol. The number of thiocarbonyl (C=S) groups is 1. The Morgan fingerprint density at radius 2 is 2.17 bits per heavy atom. The number of rotatable bonds is 4. The summed E-state index contributed by atoms with van der Waals surface area (Å²) in [5.74, 6) is -0.309. The number of halogens is 1. The minimum atomic E-state index is -0.309. The molecule has 0 atom stereocenters. The summed E-state index contributed by atoms with van der Waals surface area (Å²) in [6.45, 7) is 4.04. The molecule has 0 aliphatic carbocycles. The van der Waals surface area contributed by atoms with E-state index in [9.17, 15) is 4.79 Å². The number of hydrogen-bond acceptors (Lipinski definition) is 2. The highest BCUT2D eigenvalue weighted by Crippen LogP contribution is 2.15. The lowest BCUT2D eigenvalue weighted by atomic mass is 10.2. The quantitative estimate of drug-likeness (QED) is 0.506. The molecule has 1 rings (SSSR count). The molecule has 1 aromatic carbocycles. The molecule has 0 unspecified atom stereocenters. The molecule has 3 nitrogen and oxygen atoms in total. The number of nitrogens with one attached hydrogen (secondary N) is 2. The Labute approximate surface area is 117 Å². The first kappa shape index (κ1) is 14.4. The van der Waals surface area contributed by atoms with Gasteiger partial charge in [0.15, 0.2) is 5.11 Å². The van der Waals surface area contributed by atoms with Crippen molar-refractivity contribution >= 4 is 40.9 Å². The molecule has 1 amide bonds. The van der Waals surface area contributed by atoms with E-state index in [1.165, 1.54) is 6.08 Å². The van der Waals surface area contributed by atoms with E-state index < -0.39 is 0 Å². The summed E-state index contributed by atoms with van der Waals surface area (Å²) in [5.41, 5.74) is 0.777. The molecule has 0 saturated carbocycles. The van der Waals surface area contributed by atoms with Crippen LogP contribution in [0, 0.1) is 0 Å². The van der Waals surface area contributed by atoms with Crippen molar-refractivity contribution in [2.45, 2.75) is 0 Å². The summed E-state index contributed by atoms with van der Waals surface area (Å²) in [7, 11) is 0. The summed E-state index contributed by atoms with van der Waals surface area (Å²) < 4.78 is 0. The fourth-order valence-corrected chi connectivity index (χ4v) is 1.52. The van der Waals surface area contributed by atoms with Gasteiger partial charge in [-0.15, -0.1) is 6.58 Å². The zero-order valence-corrected chi connectivity index (χ0v) is 11.2. The Kier molecular flexibility index (Phi) is 6.11. The van der Waals surface area contributed by atoms with E-state index in [1.54, 1.807) is 18.2 Å². The average Bonchev–Trinajstić information content (AvgIpc) is 2.35. The number of hydrogen-bond donors (Lipinski definition) is 2. The molecule has 0 saturated heterocycles. The van der Waals surface area contributed by atoms with Crippen LogP contribution in [-0.2, 0) is 4.79 Å². The summed E-state index contributed by atoms with van der Waals surface area (Å²) in [4.78, 5) is 11.5. The third kappa shape index (κ3) is 5.12. The van der Waals surface area contributed by atoms with Crippen LogP contribution in [-0.4, -0.2) is 17.6 Å². The molecule has 0 aromatic heterocycles. The van der Waals surface area contributed by atoms with Crippen LogP contribution in [0.1, 0.15) is 5.56 Å². The zero-order valence-electron chi connectivity index (χ0n) is 9.65. The van der Waals surface area contributed by atoms with Gasteiger partial charge in [-0.1, -0.05) is 35.9 Å². The second-order valence-corrected chi connectivity index (χ2v) is 4.16. The van der Waals surface area contributed by atoms with Crippen LogP contribution < -0.4 is 10.6 Å². The number of benzene rings is 1. The van der Waals surface area contributed by atoms with E-state index >= 15 is 0 Å². The standard InChI is InChI=1S/C13H13ClN2OS/c1-2-9-15-13(18)16-12(17)8-7-10-5-3-4-6-11(10)14/h2-8H,1,9H2,(H2,15,16,17,18)/b8-7+. The van der Waals surface area contributed by atoms with Crippen LogP contribution in [0.4, 0.5) is 0 Å². The molecular formula is C13H13ClN2OS. The molecule has 0 fully saturated rings. The van der Waals surface area contributed by atoms with Crippen LogP contribution in [0.15, 0.2) is 43.0 Å². The van der Waals surface area contributed by atoms with Crippen LogP contribution >= 0.6 is 23.8 Å². The van der Waals surface area contributed by atoms with Gasteiger partial charge in [-0.3, -0.25) is 10.1 Å². The number of carbonyl (C=O) groups excluding carboxylic acids is 1. The molecule has 0 bridgehead atoms. The van der Waals surface area contributed by atoms with Gasteiger partial charge in [0, 0.05) is 17.6 Å². The molecule has 2 N–H and O–H groups in total. The number of amides is 1.